The van der Waals surface area contributed by atoms with Gasteiger partial charge in [-0.2, -0.15) is 0 Å². The first kappa shape index (κ1) is 18.5. The zero-order valence-corrected chi connectivity index (χ0v) is 13.7. The average Bonchev–Trinajstić information content (AvgIpc) is 2.36. The van der Waals surface area contributed by atoms with Crippen molar-refractivity contribution in [2.24, 2.45) is 0 Å². The minimum absolute atomic E-state index is 0.371. The molecule has 7 heteroatoms. The Kier molecular flexibility index (Phi) is 5.99. The number of benzene rings is 1. The van der Waals surface area contributed by atoms with Gasteiger partial charge >= 0.3 is 7.12 Å². The van der Waals surface area contributed by atoms with Crippen LogP contribution in [0.2, 0.25) is 0 Å². The normalized spacial score (nSPS) is 13.4. The SMILES string of the molecule is CC(=O)NC(Oc1ccccc1)B(O)OC(C)(C)C(C)(C)O. The molecule has 0 spiro atoms. The van der Waals surface area contributed by atoms with E-state index >= 15 is 0 Å². The molecule has 1 rings (SSSR count). The van der Waals surface area contributed by atoms with Crippen LogP contribution >= 0.6 is 0 Å². The molecule has 122 valence electrons. The number of para-hydroxylation sites is 1. The summed E-state index contributed by atoms with van der Waals surface area (Å²) in [5, 5.41) is 22.8. The van der Waals surface area contributed by atoms with Crippen molar-refractivity contribution >= 4 is 13.0 Å². The Bertz CT molecular complexity index is 486. The monoisotopic (exact) mass is 309 g/mol. The second-order valence-corrected chi connectivity index (χ2v) is 6.13. The summed E-state index contributed by atoms with van der Waals surface area (Å²) in [6.45, 7) is 7.75. The quantitative estimate of drug-likeness (QED) is 0.519. The van der Waals surface area contributed by atoms with E-state index in [1.165, 1.54) is 6.92 Å². The summed E-state index contributed by atoms with van der Waals surface area (Å²) < 4.78 is 11.1. The van der Waals surface area contributed by atoms with Crippen molar-refractivity contribution in [1.29, 1.82) is 0 Å². The summed E-state index contributed by atoms with van der Waals surface area (Å²) in [6, 6.07) is 8.76. The minimum atomic E-state index is -1.45. The van der Waals surface area contributed by atoms with E-state index in [4.69, 9.17) is 9.39 Å². The van der Waals surface area contributed by atoms with E-state index < -0.39 is 24.4 Å². The molecule has 1 aromatic rings. The molecule has 0 aliphatic rings. The number of nitrogens with one attached hydrogen (secondary N) is 1. The van der Waals surface area contributed by atoms with E-state index in [1.54, 1.807) is 52.0 Å². The zero-order chi connectivity index (χ0) is 17.0. The molecule has 0 aliphatic heterocycles. The van der Waals surface area contributed by atoms with Crippen LogP contribution in [0.25, 0.3) is 0 Å². The molecule has 0 aromatic heterocycles. The minimum Gasteiger partial charge on any atom is -0.472 e. The molecule has 0 radical (unpaired) electrons. The van der Waals surface area contributed by atoms with Crippen molar-refractivity contribution in [2.75, 3.05) is 0 Å². The molecular weight excluding hydrogens is 285 g/mol. The summed E-state index contributed by atoms with van der Waals surface area (Å²) in [5.41, 5.74) is -2.25. The van der Waals surface area contributed by atoms with Gasteiger partial charge in [0.2, 0.25) is 12.0 Å². The Morgan fingerprint density at radius 1 is 1.23 bits per heavy atom. The lowest BCUT2D eigenvalue weighted by Gasteiger charge is -2.39. The smallest absolute Gasteiger partial charge is 0.472 e. The predicted molar refractivity (Wildman–Crippen MR) is 84.1 cm³/mol. The Labute approximate surface area is 131 Å². The Hall–Kier alpha value is -1.57. The average molecular weight is 309 g/mol. The van der Waals surface area contributed by atoms with Gasteiger partial charge in [-0.05, 0) is 39.8 Å². The van der Waals surface area contributed by atoms with E-state index in [2.05, 4.69) is 5.32 Å². The third-order valence-electron chi connectivity index (χ3n) is 3.50. The highest BCUT2D eigenvalue weighted by Crippen LogP contribution is 2.26. The number of carbonyl (C=O) groups excluding carboxylic acids is 1. The van der Waals surface area contributed by atoms with Crippen LogP contribution in [-0.4, -0.2) is 40.5 Å². The predicted octanol–water partition coefficient (Wildman–Crippen LogP) is 1.11. The Morgan fingerprint density at radius 3 is 2.23 bits per heavy atom. The maximum absolute atomic E-state index is 11.3. The zero-order valence-electron chi connectivity index (χ0n) is 13.7. The molecule has 0 saturated heterocycles. The number of carbonyl (C=O) groups is 1. The van der Waals surface area contributed by atoms with Crippen LogP contribution < -0.4 is 10.1 Å². The van der Waals surface area contributed by atoms with Crippen LogP contribution in [0.15, 0.2) is 30.3 Å². The third kappa shape index (κ3) is 5.33. The molecule has 1 unspecified atom stereocenters. The number of rotatable bonds is 7. The van der Waals surface area contributed by atoms with Crippen molar-refractivity contribution in [3.63, 3.8) is 0 Å². The van der Waals surface area contributed by atoms with Gasteiger partial charge in [0.05, 0.1) is 11.2 Å². The van der Waals surface area contributed by atoms with Crippen LogP contribution in [0, 0.1) is 0 Å². The lowest BCUT2D eigenvalue weighted by Crippen LogP contribution is -2.58. The van der Waals surface area contributed by atoms with Gasteiger partial charge in [0.1, 0.15) is 5.75 Å². The first-order chi connectivity index (χ1) is 10.0. The van der Waals surface area contributed by atoms with Crippen molar-refractivity contribution in [2.45, 2.75) is 51.9 Å². The van der Waals surface area contributed by atoms with E-state index in [0.29, 0.717) is 5.75 Å². The topological polar surface area (TPSA) is 88.0 Å². The van der Waals surface area contributed by atoms with Gasteiger partial charge in [-0.15, -0.1) is 0 Å². The number of hydrogen-bond donors (Lipinski definition) is 3. The molecule has 3 N–H and O–H groups in total. The van der Waals surface area contributed by atoms with Gasteiger partial charge in [-0.3, -0.25) is 4.79 Å². The Morgan fingerprint density at radius 2 is 1.77 bits per heavy atom. The van der Waals surface area contributed by atoms with E-state index in [9.17, 15) is 14.9 Å². The van der Waals surface area contributed by atoms with Gasteiger partial charge in [0.15, 0.2) is 0 Å². The summed E-state index contributed by atoms with van der Waals surface area (Å²) in [4.78, 5) is 11.3. The van der Waals surface area contributed by atoms with E-state index in [1.807, 2.05) is 6.07 Å². The van der Waals surface area contributed by atoms with Gasteiger partial charge in [0, 0.05) is 6.92 Å². The summed E-state index contributed by atoms with van der Waals surface area (Å²) in [6.07, 6.45) is -1.10. The third-order valence-corrected chi connectivity index (χ3v) is 3.50. The van der Waals surface area contributed by atoms with Gasteiger partial charge < -0.3 is 24.8 Å². The molecule has 0 aliphatic carbocycles. The molecule has 1 atom stereocenters. The van der Waals surface area contributed by atoms with Crippen molar-refractivity contribution in [1.82, 2.24) is 5.32 Å². The van der Waals surface area contributed by atoms with Crippen LogP contribution in [0.4, 0.5) is 0 Å². The van der Waals surface area contributed by atoms with Gasteiger partial charge in [-0.25, -0.2) is 0 Å². The molecule has 0 fully saturated rings. The highest BCUT2D eigenvalue weighted by atomic mass is 16.6. The molecule has 22 heavy (non-hydrogen) atoms. The molecular formula is C15H24BNO5. The summed E-state index contributed by atoms with van der Waals surface area (Å²) in [5.74, 6) is 0.106. The van der Waals surface area contributed by atoms with E-state index in [-0.39, 0.29) is 5.91 Å². The fourth-order valence-corrected chi connectivity index (χ4v) is 1.51. The fourth-order valence-electron chi connectivity index (χ4n) is 1.51. The first-order valence-corrected chi connectivity index (χ1v) is 7.10. The van der Waals surface area contributed by atoms with Crippen LogP contribution in [0.5, 0.6) is 5.75 Å². The number of amides is 1. The second kappa shape index (κ2) is 7.13. The molecule has 1 amide bonds. The first-order valence-electron chi connectivity index (χ1n) is 7.10. The highest BCUT2D eigenvalue weighted by molar-refractivity contribution is 6.45. The van der Waals surface area contributed by atoms with Crippen LogP contribution in [-0.2, 0) is 9.45 Å². The van der Waals surface area contributed by atoms with Gasteiger partial charge in [-0.1, -0.05) is 18.2 Å². The molecule has 0 saturated carbocycles. The van der Waals surface area contributed by atoms with Crippen molar-refractivity contribution in [3.05, 3.63) is 30.3 Å². The standard InChI is InChI=1S/C15H24BNO5/c1-11(18)17-13(21-12-9-7-6-8-10-12)16(20)22-15(4,5)14(2,3)19/h6-10,13,19-20H,1-5H3,(H,17,18). The lowest BCUT2D eigenvalue weighted by atomic mass is 9.81. The lowest BCUT2D eigenvalue weighted by molar-refractivity contribution is -0.122. The number of aliphatic hydroxyl groups is 1. The molecule has 0 heterocycles. The Balaban J connectivity index is 2.85. The maximum atomic E-state index is 11.3. The van der Waals surface area contributed by atoms with Crippen molar-refractivity contribution in [3.8, 4) is 5.75 Å². The summed E-state index contributed by atoms with van der Waals surface area (Å²) >= 11 is 0. The molecule has 0 bridgehead atoms. The number of hydrogen-bond acceptors (Lipinski definition) is 5. The maximum Gasteiger partial charge on any atom is 0.520 e. The largest absolute Gasteiger partial charge is 0.520 e. The molecule has 1 aromatic carbocycles. The van der Waals surface area contributed by atoms with E-state index in [0.717, 1.165) is 0 Å². The van der Waals surface area contributed by atoms with Crippen LogP contribution in [0.3, 0.4) is 0 Å². The second-order valence-electron chi connectivity index (χ2n) is 6.13. The van der Waals surface area contributed by atoms with Crippen molar-refractivity contribution < 1.29 is 24.3 Å². The molecule has 6 nitrogen and oxygen atoms in total. The number of ether oxygens (including phenoxy) is 1. The highest BCUT2D eigenvalue weighted by Gasteiger charge is 2.43. The van der Waals surface area contributed by atoms with Gasteiger partial charge in [0.25, 0.3) is 0 Å². The summed E-state index contributed by atoms with van der Waals surface area (Å²) in [7, 11) is -1.45. The van der Waals surface area contributed by atoms with Crippen LogP contribution in [0.1, 0.15) is 34.6 Å². The fraction of sp³-hybridized carbons (Fsp3) is 0.533.